The second-order valence-electron chi connectivity index (χ2n) is 4.36. The third kappa shape index (κ3) is 4.36. The molecule has 2 aromatic heterocycles. The van der Waals surface area contributed by atoms with Gasteiger partial charge in [0.05, 0.1) is 12.5 Å². The van der Waals surface area contributed by atoms with Crippen molar-refractivity contribution in [2.24, 2.45) is 0 Å². The van der Waals surface area contributed by atoms with Crippen molar-refractivity contribution in [3.8, 4) is 6.07 Å². The van der Waals surface area contributed by atoms with Crippen LogP contribution in [0.5, 0.6) is 0 Å². The van der Waals surface area contributed by atoms with Gasteiger partial charge in [-0.05, 0) is 39.7 Å². The van der Waals surface area contributed by atoms with Gasteiger partial charge in [0.25, 0.3) is 5.91 Å². The van der Waals surface area contributed by atoms with Crippen molar-refractivity contribution in [1.82, 2.24) is 14.9 Å². The summed E-state index contributed by atoms with van der Waals surface area (Å²) in [6, 6.07) is 9.21. The number of rotatable bonds is 5. The van der Waals surface area contributed by atoms with Crippen LogP contribution in [0.2, 0.25) is 0 Å². The molecule has 0 aliphatic carbocycles. The van der Waals surface area contributed by atoms with Gasteiger partial charge in [0.15, 0.2) is 0 Å². The number of carbonyl (C=O) groups is 1. The molecule has 0 saturated heterocycles. The van der Waals surface area contributed by atoms with Crippen LogP contribution in [-0.4, -0.2) is 27.3 Å². The van der Waals surface area contributed by atoms with E-state index in [1.165, 1.54) is 0 Å². The fraction of sp³-hybridized carbons (Fsp3) is 0.200. The standard InChI is InChI=1S/C15H13BrN4O/c16-13-4-5-14(19-10-13)15(21)20(8-2-6-17)11-12-3-1-7-18-9-12/h1,3-5,7,9-10H,2,8,11H2. The number of hydrogen-bond donors (Lipinski definition) is 0. The average molecular weight is 345 g/mol. The minimum atomic E-state index is -0.193. The molecule has 0 aromatic carbocycles. The zero-order valence-corrected chi connectivity index (χ0v) is 12.8. The van der Waals surface area contributed by atoms with Crippen molar-refractivity contribution in [3.63, 3.8) is 0 Å². The minimum Gasteiger partial charge on any atom is -0.332 e. The fourth-order valence-electron chi connectivity index (χ4n) is 1.81. The Hall–Kier alpha value is -2.26. The van der Waals surface area contributed by atoms with Crippen molar-refractivity contribution >= 4 is 21.8 Å². The zero-order chi connectivity index (χ0) is 15.1. The molecule has 0 fully saturated rings. The van der Waals surface area contributed by atoms with Crippen molar-refractivity contribution < 1.29 is 4.79 Å². The van der Waals surface area contributed by atoms with Gasteiger partial charge in [-0.15, -0.1) is 0 Å². The van der Waals surface area contributed by atoms with Crippen molar-refractivity contribution in [1.29, 1.82) is 5.26 Å². The second-order valence-corrected chi connectivity index (χ2v) is 5.27. The number of amides is 1. The fourth-order valence-corrected chi connectivity index (χ4v) is 2.05. The Morgan fingerprint density at radius 3 is 2.81 bits per heavy atom. The Bertz CT molecular complexity index is 637. The smallest absolute Gasteiger partial charge is 0.272 e. The van der Waals surface area contributed by atoms with Crippen LogP contribution in [0, 0.1) is 11.3 Å². The van der Waals surface area contributed by atoms with Gasteiger partial charge in [-0.2, -0.15) is 5.26 Å². The first-order valence-corrected chi connectivity index (χ1v) is 7.16. The SMILES string of the molecule is N#CCCN(Cc1cccnc1)C(=O)c1ccc(Br)cn1. The number of halogens is 1. The highest BCUT2D eigenvalue weighted by Crippen LogP contribution is 2.12. The monoisotopic (exact) mass is 344 g/mol. The van der Waals surface area contributed by atoms with Gasteiger partial charge in [0.1, 0.15) is 5.69 Å². The van der Waals surface area contributed by atoms with Crippen LogP contribution in [0.4, 0.5) is 0 Å². The highest BCUT2D eigenvalue weighted by molar-refractivity contribution is 9.10. The predicted molar refractivity (Wildman–Crippen MR) is 81.1 cm³/mol. The summed E-state index contributed by atoms with van der Waals surface area (Å²) >= 11 is 3.29. The van der Waals surface area contributed by atoms with E-state index in [1.54, 1.807) is 35.6 Å². The highest BCUT2D eigenvalue weighted by atomic mass is 79.9. The lowest BCUT2D eigenvalue weighted by Gasteiger charge is -2.21. The van der Waals surface area contributed by atoms with Crippen LogP contribution >= 0.6 is 15.9 Å². The molecule has 1 amide bonds. The zero-order valence-electron chi connectivity index (χ0n) is 11.2. The average Bonchev–Trinajstić information content (AvgIpc) is 2.52. The summed E-state index contributed by atoms with van der Waals surface area (Å²) in [5, 5.41) is 8.75. The molecule has 2 aromatic rings. The molecule has 0 unspecified atom stereocenters. The van der Waals surface area contributed by atoms with Crippen LogP contribution in [-0.2, 0) is 6.54 Å². The van der Waals surface area contributed by atoms with E-state index in [0.717, 1.165) is 10.0 Å². The van der Waals surface area contributed by atoms with Gasteiger partial charge in [0.2, 0.25) is 0 Å². The molecule has 0 radical (unpaired) electrons. The summed E-state index contributed by atoms with van der Waals surface area (Å²) in [5.41, 5.74) is 1.28. The Balaban J connectivity index is 2.17. The van der Waals surface area contributed by atoms with Crippen LogP contribution in [0.1, 0.15) is 22.5 Å². The maximum absolute atomic E-state index is 12.5. The topological polar surface area (TPSA) is 69.9 Å². The summed E-state index contributed by atoms with van der Waals surface area (Å²) in [5.74, 6) is -0.193. The molecule has 6 heteroatoms. The molecule has 0 atom stereocenters. The van der Waals surface area contributed by atoms with Gasteiger partial charge < -0.3 is 4.90 Å². The Morgan fingerprint density at radius 2 is 2.19 bits per heavy atom. The molecule has 0 spiro atoms. The number of aromatic nitrogens is 2. The van der Waals surface area contributed by atoms with Gasteiger partial charge in [-0.1, -0.05) is 6.07 Å². The van der Waals surface area contributed by atoms with Gasteiger partial charge >= 0.3 is 0 Å². The Morgan fingerprint density at radius 1 is 1.33 bits per heavy atom. The lowest BCUT2D eigenvalue weighted by atomic mass is 10.2. The molecule has 106 valence electrons. The molecule has 2 rings (SSSR count). The molecule has 0 saturated carbocycles. The van der Waals surface area contributed by atoms with E-state index >= 15 is 0 Å². The number of pyridine rings is 2. The number of carbonyl (C=O) groups excluding carboxylic acids is 1. The van der Waals surface area contributed by atoms with E-state index in [0.29, 0.717) is 18.8 Å². The van der Waals surface area contributed by atoms with Crippen LogP contribution in [0.15, 0.2) is 47.3 Å². The first-order chi connectivity index (χ1) is 10.2. The molecule has 2 heterocycles. The maximum atomic E-state index is 12.5. The van der Waals surface area contributed by atoms with E-state index < -0.39 is 0 Å². The summed E-state index contributed by atoms with van der Waals surface area (Å²) < 4.78 is 0.815. The number of nitrogens with zero attached hydrogens (tertiary/aromatic N) is 4. The van der Waals surface area contributed by atoms with Crippen molar-refractivity contribution in [2.45, 2.75) is 13.0 Å². The number of nitriles is 1. The first kappa shape index (κ1) is 15.1. The number of hydrogen-bond acceptors (Lipinski definition) is 4. The molecule has 0 bridgehead atoms. The summed E-state index contributed by atoms with van der Waals surface area (Å²) in [6.07, 6.45) is 5.26. The molecular formula is C15H13BrN4O. The molecule has 0 aliphatic heterocycles. The highest BCUT2D eigenvalue weighted by Gasteiger charge is 2.17. The normalized spacial score (nSPS) is 9.90. The third-order valence-corrected chi connectivity index (χ3v) is 3.29. The van der Waals surface area contributed by atoms with Crippen LogP contribution in [0.3, 0.4) is 0 Å². The Labute approximate surface area is 131 Å². The largest absolute Gasteiger partial charge is 0.332 e. The first-order valence-electron chi connectivity index (χ1n) is 6.37. The van der Waals surface area contributed by atoms with Crippen molar-refractivity contribution in [3.05, 3.63) is 58.6 Å². The van der Waals surface area contributed by atoms with E-state index in [1.807, 2.05) is 12.1 Å². The van der Waals surface area contributed by atoms with E-state index in [-0.39, 0.29) is 12.3 Å². The van der Waals surface area contributed by atoms with E-state index in [4.69, 9.17) is 5.26 Å². The summed E-state index contributed by atoms with van der Waals surface area (Å²) in [6.45, 7) is 0.772. The Kier molecular flexibility index (Phi) is 5.41. The predicted octanol–water partition coefficient (Wildman–Crippen LogP) is 2.80. The second kappa shape index (κ2) is 7.50. The van der Waals surface area contributed by atoms with Crippen LogP contribution in [0.25, 0.3) is 0 Å². The quantitative estimate of drug-likeness (QED) is 0.836. The summed E-state index contributed by atoms with van der Waals surface area (Å²) in [4.78, 5) is 22.2. The lowest BCUT2D eigenvalue weighted by molar-refractivity contribution is 0.0741. The molecular weight excluding hydrogens is 332 g/mol. The minimum absolute atomic E-state index is 0.193. The van der Waals surface area contributed by atoms with Gasteiger partial charge in [-0.3, -0.25) is 9.78 Å². The molecule has 21 heavy (non-hydrogen) atoms. The summed E-state index contributed by atoms with van der Waals surface area (Å²) in [7, 11) is 0. The van der Waals surface area contributed by atoms with E-state index in [9.17, 15) is 4.79 Å². The van der Waals surface area contributed by atoms with Gasteiger partial charge in [0, 0.05) is 36.2 Å². The lowest BCUT2D eigenvalue weighted by Crippen LogP contribution is -2.32. The third-order valence-electron chi connectivity index (χ3n) is 2.82. The molecule has 5 nitrogen and oxygen atoms in total. The van der Waals surface area contributed by atoms with Crippen LogP contribution < -0.4 is 0 Å². The molecule has 0 N–H and O–H groups in total. The van der Waals surface area contributed by atoms with E-state index in [2.05, 4.69) is 32.0 Å². The maximum Gasteiger partial charge on any atom is 0.272 e. The van der Waals surface area contributed by atoms with Crippen molar-refractivity contribution in [2.75, 3.05) is 6.54 Å². The van der Waals surface area contributed by atoms with Gasteiger partial charge in [-0.25, -0.2) is 4.98 Å². The molecule has 0 aliphatic rings.